The van der Waals surface area contributed by atoms with E-state index in [-0.39, 0.29) is 5.56 Å². The first-order valence-corrected chi connectivity index (χ1v) is 6.30. The van der Waals surface area contributed by atoms with Crippen LogP contribution in [0.3, 0.4) is 0 Å². The molecule has 0 saturated carbocycles. The maximum Gasteiger partial charge on any atom is 0.266 e. The maximum atomic E-state index is 11.2. The highest BCUT2D eigenvalue weighted by molar-refractivity contribution is 9.10. The van der Waals surface area contributed by atoms with Gasteiger partial charge in [-0.3, -0.25) is 4.79 Å². The molecule has 0 atom stereocenters. The van der Waals surface area contributed by atoms with Gasteiger partial charge in [0.15, 0.2) is 4.34 Å². The Bertz CT molecular complexity index is 538. The van der Waals surface area contributed by atoms with Crippen LogP contribution in [0.15, 0.2) is 25.0 Å². The average Bonchev–Trinajstić information content (AvgIpc) is 2.59. The molecule has 0 aliphatic carbocycles. The van der Waals surface area contributed by atoms with Crippen molar-refractivity contribution in [1.82, 2.24) is 20.2 Å². The minimum absolute atomic E-state index is 0.200. The van der Waals surface area contributed by atoms with Gasteiger partial charge in [0.1, 0.15) is 14.5 Å². The van der Waals surface area contributed by atoms with Gasteiger partial charge in [-0.25, -0.2) is 4.98 Å². The first-order valence-electron chi connectivity index (χ1n) is 3.88. The lowest BCUT2D eigenvalue weighted by atomic mass is 10.7. The fraction of sp³-hybridized carbons (Fsp3) is 0.143. The number of hydrogen-bond acceptors (Lipinski definition) is 6. The Morgan fingerprint density at radius 2 is 2.33 bits per heavy atom. The fourth-order valence-electron chi connectivity index (χ4n) is 0.840. The van der Waals surface area contributed by atoms with Crippen molar-refractivity contribution in [2.75, 3.05) is 0 Å². The Labute approximate surface area is 101 Å². The van der Waals surface area contributed by atoms with E-state index >= 15 is 0 Å². The molecule has 2 rings (SSSR count). The predicted octanol–water partition coefficient (Wildman–Crippen LogP) is 1.84. The Hall–Kier alpha value is -0.730. The number of nitrogens with zero attached hydrogens (tertiary/aromatic N) is 3. The van der Waals surface area contributed by atoms with Gasteiger partial charge in [0.2, 0.25) is 0 Å². The Kier molecular flexibility index (Phi) is 3.17. The normalized spacial score (nSPS) is 10.5. The third-order valence-corrected chi connectivity index (χ3v) is 4.35. The van der Waals surface area contributed by atoms with E-state index < -0.39 is 0 Å². The summed E-state index contributed by atoms with van der Waals surface area (Å²) in [6, 6.07) is 0. The van der Waals surface area contributed by atoms with Crippen LogP contribution in [-0.4, -0.2) is 20.2 Å². The SMILES string of the molecule is Cc1nnc(Sc2nc[nH]c(=O)c2Br)s1. The lowest BCUT2D eigenvalue weighted by molar-refractivity contribution is 0.965. The number of aromatic nitrogens is 4. The predicted molar refractivity (Wildman–Crippen MR) is 61.3 cm³/mol. The molecule has 0 aliphatic rings. The van der Waals surface area contributed by atoms with Gasteiger partial charge in [-0.15, -0.1) is 10.2 Å². The second-order valence-corrected chi connectivity index (χ2v) is 5.75. The van der Waals surface area contributed by atoms with Crippen molar-refractivity contribution in [3.8, 4) is 0 Å². The molecule has 0 spiro atoms. The number of hydrogen-bond donors (Lipinski definition) is 1. The van der Waals surface area contributed by atoms with Crippen LogP contribution >= 0.6 is 39.0 Å². The molecule has 0 bridgehead atoms. The minimum atomic E-state index is -0.200. The first kappa shape index (κ1) is 10.8. The molecule has 0 saturated heterocycles. The third kappa shape index (κ3) is 2.44. The molecular weight excluding hydrogens is 300 g/mol. The van der Waals surface area contributed by atoms with Crippen molar-refractivity contribution < 1.29 is 0 Å². The zero-order chi connectivity index (χ0) is 10.8. The van der Waals surface area contributed by atoms with Crippen LogP contribution in [0.5, 0.6) is 0 Å². The van der Waals surface area contributed by atoms with Crippen molar-refractivity contribution in [2.45, 2.75) is 16.3 Å². The summed E-state index contributed by atoms with van der Waals surface area (Å²) < 4.78 is 1.19. The lowest BCUT2D eigenvalue weighted by Gasteiger charge is -1.97. The molecule has 2 aromatic rings. The number of rotatable bonds is 2. The first-order chi connectivity index (χ1) is 7.16. The van der Waals surface area contributed by atoms with Crippen LogP contribution in [0.2, 0.25) is 0 Å². The van der Waals surface area contributed by atoms with E-state index in [0.29, 0.717) is 9.50 Å². The summed E-state index contributed by atoms with van der Waals surface area (Å²) in [4.78, 5) is 17.8. The van der Waals surface area contributed by atoms with Crippen molar-refractivity contribution in [3.05, 3.63) is 26.2 Å². The summed E-state index contributed by atoms with van der Waals surface area (Å²) in [6.45, 7) is 1.88. The van der Waals surface area contributed by atoms with Gasteiger partial charge < -0.3 is 4.98 Å². The molecule has 1 N–H and O–H groups in total. The molecule has 15 heavy (non-hydrogen) atoms. The molecule has 8 heteroatoms. The third-order valence-electron chi connectivity index (χ3n) is 1.46. The molecule has 0 radical (unpaired) electrons. The largest absolute Gasteiger partial charge is 0.312 e. The van der Waals surface area contributed by atoms with E-state index in [1.807, 2.05) is 6.92 Å². The number of nitrogens with one attached hydrogen (secondary N) is 1. The smallest absolute Gasteiger partial charge is 0.266 e. The molecule has 78 valence electrons. The molecule has 0 aliphatic heterocycles. The lowest BCUT2D eigenvalue weighted by Crippen LogP contribution is -2.07. The maximum absolute atomic E-state index is 11.2. The van der Waals surface area contributed by atoms with Crippen LogP contribution in [0.1, 0.15) is 5.01 Å². The molecule has 5 nitrogen and oxygen atoms in total. The topological polar surface area (TPSA) is 71.5 Å². The standard InChI is InChI=1S/C7H5BrN4OS2/c1-3-11-12-7(14-3)15-6-4(8)5(13)9-2-10-6/h2H,1H3,(H,9,10,13). The van der Waals surface area contributed by atoms with Crippen LogP contribution < -0.4 is 5.56 Å². The molecule has 0 amide bonds. The van der Waals surface area contributed by atoms with Crippen LogP contribution in [0.4, 0.5) is 0 Å². The second-order valence-electron chi connectivity index (χ2n) is 2.54. The van der Waals surface area contributed by atoms with Gasteiger partial charge in [0, 0.05) is 0 Å². The number of aryl methyl sites for hydroxylation is 1. The van der Waals surface area contributed by atoms with Crippen molar-refractivity contribution in [2.24, 2.45) is 0 Å². The minimum Gasteiger partial charge on any atom is -0.312 e. The molecular formula is C7H5BrN4OS2. The Balaban J connectivity index is 2.32. The second kappa shape index (κ2) is 4.42. The summed E-state index contributed by atoms with van der Waals surface area (Å²) >= 11 is 5.95. The van der Waals surface area contributed by atoms with E-state index in [2.05, 4.69) is 36.1 Å². The molecule has 2 aromatic heterocycles. The van der Waals surface area contributed by atoms with Crippen molar-refractivity contribution >= 4 is 39.0 Å². The van der Waals surface area contributed by atoms with Crippen molar-refractivity contribution in [3.63, 3.8) is 0 Å². The zero-order valence-electron chi connectivity index (χ0n) is 7.52. The van der Waals surface area contributed by atoms with Gasteiger partial charge in [-0.2, -0.15) is 0 Å². The van der Waals surface area contributed by atoms with Crippen LogP contribution in [0.25, 0.3) is 0 Å². The van der Waals surface area contributed by atoms with Crippen molar-refractivity contribution in [1.29, 1.82) is 0 Å². The van der Waals surface area contributed by atoms with E-state index in [0.717, 1.165) is 9.35 Å². The summed E-state index contributed by atoms with van der Waals surface area (Å²) in [5.41, 5.74) is -0.200. The highest BCUT2D eigenvalue weighted by atomic mass is 79.9. The quantitative estimate of drug-likeness (QED) is 0.857. The van der Waals surface area contributed by atoms with E-state index in [9.17, 15) is 4.79 Å². The molecule has 2 heterocycles. The van der Waals surface area contributed by atoms with Gasteiger partial charge in [-0.05, 0) is 34.6 Å². The van der Waals surface area contributed by atoms with Gasteiger partial charge in [-0.1, -0.05) is 11.3 Å². The van der Waals surface area contributed by atoms with Crippen LogP contribution in [-0.2, 0) is 0 Å². The average molecular weight is 305 g/mol. The van der Waals surface area contributed by atoms with E-state index in [1.54, 1.807) is 0 Å². The number of aromatic amines is 1. The monoisotopic (exact) mass is 304 g/mol. The van der Waals surface area contributed by atoms with Crippen LogP contribution in [0, 0.1) is 6.92 Å². The summed E-state index contributed by atoms with van der Waals surface area (Å²) in [6.07, 6.45) is 1.36. The number of H-pyrrole nitrogens is 1. The van der Waals surface area contributed by atoms with E-state index in [4.69, 9.17) is 0 Å². The summed E-state index contributed by atoms with van der Waals surface area (Å²) in [5, 5.41) is 9.30. The fourth-order valence-corrected chi connectivity index (χ4v) is 3.02. The van der Waals surface area contributed by atoms with Gasteiger partial charge in [0.05, 0.1) is 6.33 Å². The van der Waals surface area contributed by atoms with E-state index in [1.165, 1.54) is 29.4 Å². The zero-order valence-corrected chi connectivity index (χ0v) is 10.7. The molecule has 0 fully saturated rings. The summed E-state index contributed by atoms with van der Waals surface area (Å²) in [5.74, 6) is 0. The number of halogens is 1. The Morgan fingerprint density at radius 1 is 1.53 bits per heavy atom. The van der Waals surface area contributed by atoms with Gasteiger partial charge >= 0.3 is 0 Å². The Morgan fingerprint density at radius 3 is 3.00 bits per heavy atom. The summed E-state index contributed by atoms with van der Waals surface area (Å²) in [7, 11) is 0. The molecule has 0 aromatic carbocycles. The highest BCUT2D eigenvalue weighted by Crippen LogP contribution is 2.31. The molecule has 0 unspecified atom stereocenters. The van der Waals surface area contributed by atoms with Gasteiger partial charge in [0.25, 0.3) is 5.56 Å². The highest BCUT2D eigenvalue weighted by Gasteiger charge is 2.09.